The predicted molar refractivity (Wildman–Crippen MR) is 72.3 cm³/mol. The molecular formula is C14H20N4. The summed E-state index contributed by atoms with van der Waals surface area (Å²) in [5.74, 6) is 0. The van der Waals surface area contributed by atoms with Crippen molar-refractivity contribution in [3.8, 4) is 0 Å². The molecule has 0 radical (unpaired) electrons. The topological polar surface area (TPSA) is 42.7 Å². The molecule has 0 saturated heterocycles. The fraction of sp³-hybridized carbons (Fsp3) is 0.429. The van der Waals surface area contributed by atoms with Crippen molar-refractivity contribution in [2.24, 2.45) is 0 Å². The maximum Gasteiger partial charge on any atom is 0.0597 e. The van der Waals surface area contributed by atoms with Crippen LogP contribution >= 0.6 is 0 Å². The molecule has 2 aromatic heterocycles. The minimum absolute atomic E-state index is 0.875. The summed E-state index contributed by atoms with van der Waals surface area (Å²) in [6, 6.07) is 6.26. The molecule has 4 heteroatoms. The summed E-state index contributed by atoms with van der Waals surface area (Å²) in [6.45, 7) is 6.92. The predicted octanol–water partition coefficient (Wildman–Crippen LogP) is 1.94. The third kappa shape index (κ3) is 3.40. The van der Waals surface area contributed by atoms with E-state index in [0.29, 0.717) is 0 Å². The van der Waals surface area contributed by atoms with Gasteiger partial charge in [0, 0.05) is 25.5 Å². The van der Waals surface area contributed by atoms with Crippen molar-refractivity contribution < 1.29 is 0 Å². The zero-order valence-electron chi connectivity index (χ0n) is 11.1. The molecular weight excluding hydrogens is 224 g/mol. The first-order chi connectivity index (χ1) is 8.79. The molecule has 0 amide bonds. The molecule has 0 saturated carbocycles. The van der Waals surface area contributed by atoms with Crippen LogP contribution in [0.3, 0.4) is 0 Å². The van der Waals surface area contributed by atoms with E-state index in [-0.39, 0.29) is 0 Å². The molecule has 18 heavy (non-hydrogen) atoms. The quantitative estimate of drug-likeness (QED) is 0.790. The van der Waals surface area contributed by atoms with Gasteiger partial charge in [0.05, 0.1) is 11.4 Å². The Labute approximate surface area is 108 Å². The highest BCUT2D eigenvalue weighted by molar-refractivity contribution is 5.11. The number of nitrogens with one attached hydrogen (secondary N) is 1. The van der Waals surface area contributed by atoms with E-state index in [1.54, 1.807) is 0 Å². The molecule has 0 atom stereocenters. The van der Waals surface area contributed by atoms with Crippen LogP contribution in [-0.4, -0.2) is 21.3 Å². The zero-order valence-corrected chi connectivity index (χ0v) is 11.1. The van der Waals surface area contributed by atoms with Crippen LogP contribution in [0.2, 0.25) is 0 Å². The van der Waals surface area contributed by atoms with Gasteiger partial charge in [-0.2, -0.15) is 5.10 Å². The first kappa shape index (κ1) is 12.8. The van der Waals surface area contributed by atoms with Gasteiger partial charge in [0.2, 0.25) is 0 Å². The van der Waals surface area contributed by atoms with Gasteiger partial charge in [-0.1, -0.05) is 0 Å². The highest BCUT2D eigenvalue weighted by Crippen LogP contribution is 2.03. The maximum absolute atomic E-state index is 4.43. The Morgan fingerprint density at radius 3 is 2.78 bits per heavy atom. The second-order valence-corrected chi connectivity index (χ2v) is 4.38. The number of aromatic nitrogens is 3. The highest BCUT2D eigenvalue weighted by atomic mass is 15.3. The second kappa shape index (κ2) is 6.31. The molecule has 0 aliphatic rings. The van der Waals surface area contributed by atoms with Gasteiger partial charge < -0.3 is 5.32 Å². The SMILES string of the molecule is CCn1nc(C)cc1CNCCc1ccncc1. The monoisotopic (exact) mass is 244 g/mol. The molecule has 1 N–H and O–H groups in total. The van der Waals surface area contributed by atoms with Crippen molar-refractivity contribution in [3.05, 3.63) is 47.5 Å². The van der Waals surface area contributed by atoms with E-state index in [2.05, 4.69) is 45.2 Å². The summed E-state index contributed by atoms with van der Waals surface area (Å²) in [7, 11) is 0. The van der Waals surface area contributed by atoms with E-state index in [4.69, 9.17) is 0 Å². The van der Waals surface area contributed by atoms with Crippen LogP contribution in [-0.2, 0) is 19.5 Å². The van der Waals surface area contributed by atoms with Gasteiger partial charge >= 0.3 is 0 Å². The number of hydrogen-bond acceptors (Lipinski definition) is 3. The molecule has 0 fully saturated rings. The maximum atomic E-state index is 4.43. The van der Waals surface area contributed by atoms with Gasteiger partial charge in [-0.05, 0) is 50.6 Å². The molecule has 0 aliphatic heterocycles. The highest BCUT2D eigenvalue weighted by Gasteiger charge is 2.02. The van der Waals surface area contributed by atoms with Crippen LogP contribution in [0.25, 0.3) is 0 Å². The van der Waals surface area contributed by atoms with Crippen molar-refractivity contribution in [3.63, 3.8) is 0 Å². The zero-order chi connectivity index (χ0) is 12.8. The van der Waals surface area contributed by atoms with E-state index < -0.39 is 0 Å². The number of rotatable bonds is 6. The lowest BCUT2D eigenvalue weighted by Crippen LogP contribution is -2.19. The molecule has 0 spiro atoms. The largest absolute Gasteiger partial charge is 0.311 e. The Hall–Kier alpha value is -1.68. The Morgan fingerprint density at radius 2 is 2.06 bits per heavy atom. The Morgan fingerprint density at radius 1 is 1.28 bits per heavy atom. The fourth-order valence-corrected chi connectivity index (χ4v) is 2.01. The van der Waals surface area contributed by atoms with Crippen molar-refractivity contribution in [2.45, 2.75) is 33.4 Å². The van der Waals surface area contributed by atoms with Gasteiger partial charge in [0.25, 0.3) is 0 Å². The minimum atomic E-state index is 0.875. The number of aryl methyl sites for hydroxylation is 2. The van der Waals surface area contributed by atoms with Crippen LogP contribution in [0.15, 0.2) is 30.6 Å². The first-order valence-corrected chi connectivity index (χ1v) is 6.42. The molecule has 96 valence electrons. The lowest BCUT2D eigenvalue weighted by molar-refractivity contribution is 0.580. The lowest BCUT2D eigenvalue weighted by atomic mass is 10.2. The van der Waals surface area contributed by atoms with E-state index >= 15 is 0 Å². The number of hydrogen-bond donors (Lipinski definition) is 1. The van der Waals surface area contributed by atoms with Crippen molar-refractivity contribution in [1.29, 1.82) is 0 Å². The van der Waals surface area contributed by atoms with Crippen LogP contribution in [0.1, 0.15) is 23.9 Å². The molecule has 0 unspecified atom stereocenters. The molecule has 0 aromatic carbocycles. The third-order valence-corrected chi connectivity index (χ3v) is 2.93. The number of nitrogens with zero attached hydrogens (tertiary/aromatic N) is 3. The van der Waals surface area contributed by atoms with Gasteiger partial charge in [-0.3, -0.25) is 9.67 Å². The Kier molecular flexibility index (Phi) is 4.47. The summed E-state index contributed by atoms with van der Waals surface area (Å²) in [5, 5.41) is 7.89. The molecule has 2 rings (SSSR count). The van der Waals surface area contributed by atoms with Gasteiger partial charge in [0.1, 0.15) is 0 Å². The molecule has 0 bridgehead atoms. The second-order valence-electron chi connectivity index (χ2n) is 4.38. The van der Waals surface area contributed by atoms with Crippen LogP contribution in [0.5, 0.6) is 0 Å². The summed E-state index contributed by atoms with van der Waals surface area (Å²) in [5.41, 5.74) is 3.66. The third-order valence-electron chi connectivity index (χ3n) is 2.93. The Balaban J connectivity index is 1.78. The van der Waals surface area contributed by atoms with E-state index in [1.165, 1.54) is 11.3 Å². The van der Waals surface area contributed by atoms with Crippen LogP contribution < -0.4 is 5.32 Å². The average molecular weight is 244 g/mol. The van der Waals surface area contributed by atoms with Crippen molar-refractivity contribution in [2.75, 3.05) is 6.54 Å². The van der Waals surface area contributed by atoms with Gasteiger partial charge in [0.15, 0.2) is 0 Å². The minimum Gasteiger partial charge on any atom is -0.311 e. The summed E-state index contributed by atoms with van der Waals surface area (Å²) in [4.78, 5) is 4.01. The molecule has 0 aliphatic carbocycles. The lowest BCUT2D eigenvalue weighted by Gasteiger charge is -2.06. The summed E-state index contributed by atoms with van der Waals surface area (Å²) in [6.07, 6.45) is 4.71. The van der Waals surface area contributed by atoms with E-state index in [1.807, 2.05) is 19.3 Å². The Bertz CT molecular complexity index is 476. The van der Waals surface area contributed by atoms with Crippen LogP contribution in [0.4, 0.5) is 0 Å². The summed E-state index contributed by atoms with van der Waals surface area (Å²) < 4.78 is 2.05. The smallest absolute Gasteiger partial charge is 0.0597 e. The van der Waals surface area contributed by atoms with E-state index in [0.717, 1.165) is 31.7 Å². The van der Waals surface area contributed by atoms with Crippen LogP contribution in [0, 0.1) is 6.92 Å². The van der Waals surface area contributed by atoms with Crippen molar-refractivity contribution in [1.82, 2.24) is 20.1 Å². The molecule has 2 aromatic rings. The average Bonchev–Trinajstić information content (AvgIpc) is 2.76. The number of pyridine rings is 1. The standard InChI is InChI=1S/C14H20N4/c1-3-18-14(10-12(2)17-18)11-16-9-6-13-4-7-15-8-5-13/h4-5,7-8,10,16H,3,6,9,11H2,1-2H3. The molecule has 2 heterocycles. The van der Waals surface area contributed by atoms with Gasteiger partial charge in [-0.25, -0.2) is 0 Å². The normalized spacial score (nSPS) is 10.8. The van der Waals surface area contributed by atoms with E-state index in [9.17, 15) is 0 Å². The first-order valence-electron chi connectivity index (χ1n) is 6.42. The van der Waals surface area contributed by atoms with Crippen molar-refractivity contribution >= 4 is 0 Å². The fourth-order valence-electron chi connectivity index (χ4n) is 2.01. The van der Waals surface area contributed by atoms with Gasteiger partial charge in [-0.15, -0.1) is 0 Å². The summed E-state index contributed by atoms with van der Waals surface area (Å²) >= 11 is 0. The molecule has 4 nitrogen and oxygen atoms in total.